The van der Waals surface area contributed by atoms with Crippen LogP contribution < -0.4 is 5.32 Å². The number of hydrogen-bond donors (Lipinski definition) is 1. The zero-order valence-corrected chi connectivity index (χ0v) is 8.74. The second-order valence-electron chi connectivity index (χ2n) is 4.33. The van der Waals surface area contributed by atoms with E-state index in [0.717, 1.165) is 11.7 Å². The fourth-order valence-electron chi connectivity index (χ4n) is 2.22. The zero-order chi connectivity index (χ0) is 9.80. The Morgan fingerprint density at radius 3 is 3.00 bits per heavy atom. The number of pyridine rings is 1. The normalized spacial score (nSPS) is 27.2. The smallest absolute Gasteiger partial charge is 0.126 e. The molecule has 1 heterocycles. The number of hydrogen-bond acceptors (Lipinski definition) is 2. The van der Waals surface area contributed by atoms with Crippen molar-refractivity contribution in [1.29, 1.82) is 0 Å². The van der Waals surface area contributed by atoms with Crippen LogP contribution in [-0.4, -0.2) is 11.0 Å². The molecule has 1 aliphatic carbocycles. The lowest BCUT2D eigenvalue weighted by Gasteiger charge is -2.27. The van der Waals surface area contributed by atoms with Gasteiger partial charge in [0.1, 0.15) is 5.82 Å². The van der Waals surface area contributed by atoms with Crippen LogP contribution in [0.5, 0.6) is 0 Å². The van der Waals surface area contributed by atoms with Gasteiger partial charge in [0.05, 0.1) is 0 Å². The molecule has 1 aromatic rings. The van der Waals surface area contributed by atoms with Gasteiger partial charge in [0, 0.05) is 12.2 Å². The fraction of sp³-hybridized carbons (Fsp3) is 0.583. The van der Waals surface area contributed by atoms with Crippen molar-refractivity contribution in [2.75, 3.05) is 5.32 Å². The lowest BCUT2D eigenvalue weighted by molar-refractivity contribution is 0.358. The molecule has 1 saturated carbocycles. The standard InChI is InChI=1S/C12H18N2/c1-10-5-4-6-11(9-10)14-12-7-2-3-8-13-12/h2-3,7-8,10-11H,4-6,9H2,1H3,(H,13,14)/t10-,11+/m1/s1. The molecule has 2 heteroatoms. The Balaban J connectivity index is 1.91. The molecule has 0 aromatic carbocycles. The van der Waals surface area contributed by atoms with E-state index in [-0.39, 0.29) is 0 Å². The number of aromatic nitrogens is 1. The Morgan fingerprint density at radius 2 is 2.29 bits per heavy atom. The number of nitrogens with one attached hydrogen (secondary N) is 1. The van der Waals surface area contributed by atoms with Crippen LogP contribution >= 0.6 is 0 Å². The van der Waals surface area contributed by atoms with Crippen molar-refractivity contribution in [3.05, 3.63) is 24.4 Å². The molecule has 2 rings (SSSR count). The van der Waals surface area contributed by atoms with Gasteiger partial charge in [-0.1, -0.05) is 25.8 Å². The average Bonchev–Trinajstić information content (AvgIpc) is 2.19. The average molecular weight is 190 g/mol. The summed E-state index contributed by atoms with van der Waals surface area (Å²) in [6.45, 7) is 2.34. The minimum absolute atomic E-state index is 0.633. The lowest BCUT2D eigenvalue weighted by Crippen LogP contribution is -2.26. The van der Waals surface area contributed by atoms with Gasteiger partial charge in [0.2, 0.25) is 0 Å². The minimum Gasteiger partial charge on any atom is -0.367 e. The highest BCUT2D eigenvalue weighted by molar-refractivity contribution is 5.34. The summed E-state index contributed by atoms with van der Waals surface area (Å²) in [4.78, 5) is 4.29. The van der Waals surface area contributed by atoms with Crippen LogP contribution in [0.25, 0.3) is 0 Å². The minimum atomic E-state index is 0.633. The van der Waals surface area contributed by atoms with Crippen LogP contribution in [0.4, 0.5) is 5.82 Å². The van der Waals surface area contributed by atoms with Gasteiger partial charge in [-0.05, 0) is 30.9 Å². The maximum atomic E-state index is 4.29. The first-order valence-electron chi connectivity index (χ1n) is 5.52. The summed E-state index contributed by atoms with van der Waals surface area (Å²) < 4.78 is 0. The highest BCUT2D eigenvalue weighted by atomic mass is 15.0. The van der Waals surface area contributed by atoms with E-state index in [1.54, 1.807) is 0 Å². The Hall–Kier alpha value is -1.05. The van der Waals surface area contributed by atoms with Gasteiger partial charge in [-0.3, -0.25) is 0 Å². The second-order valence-corrected chi connectivity index (χ2v) is 4.33. The largest absolute Gasteiger partial charge is 0.367 e. The topological polar surface area (TPSA) is 24.9 Å². The Kier molecular flexibility index (Phi) is 3.02. The van der Waals surface area contributed by atoms with Gasteiger partial charge >= 0.3 is 0 Å². The Bertz CT molecular complexity index is 271. The number of nitrogens with zero attached hydrogens (tertiary/aromatic N) is 1. The SMILES string of the molecule is C[C@@H]1CCC[C@H](Nc2ccccn2)C1. The van der Waals surface area contributed by atoms with E-state index in [1.807, 2.05) is 24.4 Å². The van der Waals surface area contributed by atoms with Crippen molar-refractivity contribution in [1.82, 2.24) is 4.98 Å². The van der Waals surface area contributed by atoms with E-state index in [9.17, 15) is 0 Å². The van der Waals surface area contributed by atoms with E-state index < -0.39 is 0 Å². The summed E-state index contributed by atoms with van der Waals surface area (Å²) >= 11 is 0. The monoisotopic (exact) mass is 190 g/mol. The molecule has 0 amide bonds. The summed E-state index contributed by atoms with van der Waals surface area (Å²) in [6, 6.07) is 6.66. The molecule has 1 N–H and O–H groups in total. The molecule has 14 heavy (non-hydrogen) atoms. The van der Waals surface area contributed by atoms with Gasteiger partial charge in [-0.15, -0.1) is 0 Å². The summed E-state index contributed by atoms with van der Waals surface area (Å²) in [7, 11) is 0. The summed E-state index contributed by atoms with van der Waals surface area (Å²) in [5.41, 5.74) is 0. The third kappa shape index (κ3) is 2.47. The van der Waals surface area contributed by atoms with E-state index in [0.29, 0.717) is 6.04 Å². The van der Waals surface area contributed by atoms with Gasteiger partial charge in [0.25, 0.3) is 0 Å². The number of rotatable bonds is 2. The van der Waals surface area contributed by atoms with E-state index >= 15 is 0 Å². The summed E-state index contributed by atoms with van der Waals surface area (Å²) in [5, 5.41) is 3.50. The highest BCUT2D eigenvalue weighted by Crippen LogP contribution is 2.25. The van der Waals surface area contributed by atoms with Crippen LogP contribution in [-0.2, 0) is 0 Å². The van der Waals surface area contributed by atoms with Crippen LogP contribution in [0.15, 0.2) is 24.4 Å². The van der Waals surface area contributed by atoms with Gasteiger partial charge < -0.3 is 5.32 Å². The zero-order valence-electron chi connectivity index (χ0n) is 8.74. The summed E-state index contributed by atoms with van der Waals surface area (Å²) in [6.07, 6.45) is 7.16. The first-order valence-corrected chi connectivity index (χ1v) is 5.52. The molecular formula is C12H18N2. The van der Waals surface area contributed by atoms with E-state index in [4.69, 9.17) is 0 Å². The molecule has 2 atom stereocenters. The van der Waals surface area contributed by atoms with Crippen molar-refractivity contribution in [2.24, 2.45) is 5.92 Å². The predicted molar refractivity (Wildman–Crippen MR) is 59.3 cm³/mol. The molecule has 0 aliphatic heterocycles. The third-order valence-electron chi connectivity index (χ3n) is 2.95. The van der Waals surface area contributed by atoms with Crippen molar-refractivity contribution >= 4 is 5.82 Å². The second kappa shape index (κ2) is 4.45. The quantitative estimate of drug-likeness (QED) is 0.775. The van der Waals surface area contributed by atoms with Crippen molar-refractivity contribution in [3.8, 4) is 0 Å². The molecule has 0 unspecified atom stereocenters. The van der Waals surface area contributed by atoms with E-state index in [1.165, 1.54) is 25.7 Å². The van der Waals surface area contributed by atoms with Crippen molar-refractivity contribution in [2.45, 2.75) is 38.6 Å². The third-order valence-corrected chi connectivity index (χ3v) is 2.95. The van der Waals surface area contributed by atoms with Crippen LogP contribution in [0.3, 0.4) is 0 Å². The lowest BCUT2D eigenvalue weighted by atomic mass is 9.87. The van der Waals surface area contributed by atoms with Crippen molar-refractivity contribution < 1.29 is 0 Å². The molecule has 1 aliphatic rings. The van der Waals surface area contributed by atoms with Gasteiger partial charge in [-0.2, -0.15) is 0 Å². The molecular weight excluding hydrogens is 172 g/mol. The van der Waals surface area contributed by atoms with Gasteiger partial charge in [0.15, 0.2) is 0 Å². The first-order chi connectivity index (χ1) is 6.84. The first kappa shape index (κ1) is 9.50. The van der Waals surface area contributed by atoms with Crippen molar-refractivity contribution in [3.63, 3.8) is 0 Å². The Labute approximate surface area is 85.7 Å². The molecule has 1 fully saturated rings. The van der Waals surface area contributed by atoms with Crippen LogP contribution in [0.2, 0.25) is 0 Å². The molecule has 0 saturated heterocycles. The maximum Gasteiger partial charge on any atom is 0.126 e. The van der Waals surface area contributed by atoms with E-state index in [2.05, 4.69) is 17.2 Å². The molecule has 0 bridgehead atoms. The Morgan fingerprint density at radius 1 is 1.36 bits per heavy atom. The van der Waals surface area contributed by atoms with Crippen LogP contribution in [0.1, 0.15) is 32.6 Å². The molecule has 1 aromatic heterocycles. The molecule has 0 spiro atoms. The van der Waals surface area contributed by atoms with Gasteiger partial charge in [-0.25, -0.2) is 4.98 Å². The molecule has 2 nitrogen and oxygen atoms in total. The molecule has 76 valence electrons. The predicted octanol–water partition coefficient (Wildman–Crippen LogP) is 3.07. The van der Waals surface area contributed by atoms with Crippen LogP contribution in [0, 0.1) is 5.92 Å². The fourth-order valence-corrected chi connectivity index (χ4v) is 2.22. The number of anilines is 1. The molecule has 0 radical (unpaired) electrons. The summed E-state index contributed by atoms with van der Waals surface area (Å²) in [5.74, 6) is 1.89. The highest BCUT2D eigenvalue weighted by Gasteiger charge is 2.18. The maximum absolute atomic E-state index is 4.29.